The topological polar surface area (TPSA) is 116 Å². The maximum atomic E-state index is 10.5. The minimum atomic E-state index is -0.0477. The second-order valence-electron chi connectivity index (χ2n) is 11.0. The second kappa shape index (κ2) is 8.95. The number of oxazole rings is 1. The first kappa shape index (κ1) is 22.9. The smallest absolute Gasteiger partial charge is 0.196 e. The van der Waals surface area contributed by atoms with Crippen LogP contribution in [0.2, 0.25) is 0 Å². The number of aliphatic hydroxyl groups is 2. The predicted octanol–water partition coefficient (Wildman–Crippen LogP) is 4.08. The number of nitrogens with zero attached hydrogens (tertiary/aromatic N) is 1. The summed E-state index contributed by atoms with van der Waals surface area (Å²) in [6, 6.07) is 0. The first-order chi connectivity index (χ1) is 14.8. The van der Waals surface area contributed by atoms with Gasteiger partial charge in [0.25, 0.3) is 0 Å². The van der Waals surface area contributed by atoms with Crippen LogP contribution in [0.3, 0.4) is 0 Å². The molecular formula is C25H41N3O3. The van der Waals surface area contributed by atoms with Gasteiger partial charge in [0.2, 0.25) is 0 Å². The van der Waals surface area contributed by atoms with Gasteiger partial charge in [0, 0.05) is 12.1 Å². The Balaban J connectivity index is 0.000000196. The minimum absolute atomic E-state index is 0.0477. The molecule has 1 aromatic heterocycles. The van der Waals surface area contributed by atoms with E-state index in [1.54, 1.807) is 6.20 Å². The zero-order chi connectivity index (χ0) is 22.2. The van der Waals surface area contributed by atoms with E-state index < -0.39 is 0 Å². The SMILES string of the molecule is C[C@]12CCC(=N)CC1CCC1C2CC[C@@]2(C)C1CC[C@@H]2O.NCc1cnc(CCO)o1. The van der Waals surface area contributed by atoms with E-state index in [0.717, 1.165) is 48.6 Å². The van der Waals surface area contributed by atoms with Gasteiger partial charge in [-0.3, -0.25) is 0 Å². The fourth-order valence-corrected chi connectivity index (χ4v) is 7.71. The predicted molar refractivity (Wildman–Crippen MR) is 121 cm³/mol. The van der Waals surface area contributed by atoms with E-state index in [2.05, 4.69) is 18.8 Å². The molecule has 5 N–H and O–H groups in total. The fourth-order valence-electron chi connectivity index (χ4n) is 7.71. The Morgan fingerprint density at radius 3 is 2.61 bits per heavy atom. The summed E-state index contributed by atoms with van der Waals surface area (Å²) >= 11 is 0. The number of hydrogen-bond acceptors (Lipinski definition) is 6. The van der Waals surface area contributed by atoms with Gasteiger partial charge in [0.1, 0.15) is 5.76 Å². The molecule has 4 aliphatic rings. The van der Waals surface area contributed by atoms with Crippen LogP contribution >= 0.6 is 0 Å². The minimum Gasteiger partial charge on any atom is -0.444 e. The Hall–Kier alpha value is -1.24. The Bertz CT molecular complexity index is 780. The van der Waals surface area contributed by atoms with Crippen molar-refractivity contribution in [3.05, 3.63) is 17.8 Å². The standard InChI is InChI=1S/C19H31NO.C6H10N2O2/c1-18-9-7-13(20)11-12(18)3-4-14-15-5-6-17(21)19(15,2)10-8-16(14)18;7-3-5-4-8-6(10-5)1-2-9/h12,14-17,20-21H,3-11H2,1-2H3;4,9H,1-3,7H2/t12?,14?,15?,16?,17-,18-,19-;/m0./s1. The molecule has 0 bridgehead atoms. The molecule has 0 saturated heterocycles. The largest absolute Gasteiger partial charge is 0.444 e. The van der Waals surface area contributed by atoms with E-state index in [1.165, 1.54) is 38.5 Å². The highest BCUT2D eigenvalue weighted by atomic mass is 16.4. The highest BCUT2D eigenvalue weighted by Crippen LogP contribution is 2.65. The van der Waals surface area contributed by atoms with E-state index in [-0.39, 0.29) is 18.1 Å². The summed E-state index contributed by atoms with van der Waals surface area (Å²) in [5, 5.41) is 27.0. The number of nitrogens with two attached hydrogens (primary N) is 1. The van der Waals surface area contributed by atoms with Crippen LogP contribution in [0.5, 0.6) is 0 Å². The van der Waals surface area contributed by atoms with Gasteiger partial charge in [-0.25, -0.2) is 4.98 Å². The third-order valence-electron chi connectivity index (χ3n) is 9.60. The average Bonchev–Trinajstić information content (AvgIpc) is 3.33. The molecule has 0 amide bonds. The van der Waals surface area contributed by atoms with Crippen molar-refractivity contribution in [3.8, 4) is 0 Å². The van der Waals surface area contributed by atoms with Crippen LogP contribution in [-0.2, 0) is 13.0 Å². The molecule has 1 heterocycles. The first-order valence-corrected chi connectivity index (χ1v) is 12.3. The number of hydrogen-bond donors (Lipinski definition) is 4. The van der Waals surface area contributed by atoms with Gasteiger partial charge in [-0.2, -0.15) is 0 Å². The molecule has 4 aliphatic carbocycles. The van der Waals surface area contributed by atoms with Crippen LogP contribution < -0.4 is 5.73 Å². The van der Waals surface area contributed by atoms with Gasteiger partial charge in [0.05, 0.1) is 25.5 Å². The molecule has 0 spiro atoms. The average molecular weight is 432 g/mol. The van der Waals surface area contributed by atoms with Crippen LogP contribution in [0.4, 0.5) is 0 Å². The lowest BCUT2D eigenvalue weighted by Gasteiger charge is -2.60. The zero-order valence-corrected chi connectivity index (χ0v) is 19.3. The van der Waals surface area contributed by atoms with Crippen molar-refractivity contribution < 1.29 is 14.6 Å². The van der Waals surface area contributed by atoms with Crippen LogP contribution in [-0.4, -0.2) is 33.6 Å². The fraction of sp³-hybridized carbons (Fsp3) is 0.840. The summed E-state index contributed by atoms with van der Waals surface area (Å²) in [5.41, 5.74) is 6.97. The van der Waals surface area contributed by atoms with E-state index >= 15 is 0 Å². The van der Waals surface area contributed by atoms with Crippen molar-refractivity contribution in [2.75, 3.05) is 6.61 Å². The molecule has 7 atom stereocenters. The number of fused-ring (bicyclic) bond motifs is 5. The second-order valence-corrected chi connectivity index (χ2v) is 11.0. The summed E-state index contributed by atoms with van der Waals surface area (Å²) < 4.78 is 5.08. The molecular weight excluding hydrogens is 390 g/mol. The summed E-state index contributed by atoms with van der Waals surface area (Å²) in [4.78, 5) is 3.87. The molecule has 1 aromatic rings. The third-order valence-corrected chi connectivity index (χ3v) is 9.60. The molecule has 5 rings (SSSR count). The Labute approximate surface area is 186 Å². The molecule has 4 saturated carbocycles. The molecule has 6 nitrogen and oxygen atoms in total. The van der Waals surface area contributed by atoms with E-state index in [4.69, 9.17) is 20.7 Å². The van der Waals surface area contributed by atoms with Crippen molar-refractivity contribution in [2.45, 2.75) is 90.7 Å². The zero-order valence-electron chi connectivity index (χ0n) is 19.3. The Kier molecular flexibility index (Phi) is 6.62. The molecule has 174 valence electrons. The summed E-state index contributed by atoms with van der Waals surface area (Å²) in [5.74, 6) is 4.47. The molecule has 31 heavy (non-hydrogen) atoms. The van der Waals surface area contributed by atoms with E-state index in [0.29, 0.717) is 30.0 Å². The maximum Gasteiger partial charge on any atom is 0.196 e. The first-order valence-electron chi connectivity index (χ1n) is 12.3. The van der Waals surface area contributed by atoms with Crippen LogP contribution in [0.25, 0.3) is 0 Å². The summed E-state index contributed by atoms with van der Waals surface area (Å²) in [6.45, 7) is 5.34. The van der Waals surface area contributed by atoms with Crippen molar-refractivity contribution in [3.63, 3.8) is 0 Å². The van der Waals surface area contributed by atoms with Crippen molar-refractivity contribution in [1.29, 1.82) is 5.41 Å². The van der Waals surface area contributed by atoms with Gasteiger partial charge in [-0.05, 0) is 92.3 Å². The third kappa shape index (κ3) is 4.11. The number of aromatic nitrogens is 1. The van der Waals surface area contributed by atoms with Gasteiger partial charge in [-0.1, -0.05) is 13.8 Å². The number of aliphatic hydroxyl groups excluding tert-OH is 2. The molecule has 6 heteroatoms. The van der Waals surface area contributed by atoms with E-state index in [9.17, 15) is 5.11 Å². The summed E-state index contributed by atoms with van der Waals surface area (Å²) in [6.07, 6.45) is 12.9. The van der Waals surface area contributed by atoms with Crippen LogP contribution in [0.1, 0.15) is 83.3 Å². The molecule has 0 aromatic carbocycles. The Morgan fingerprint density at radius 1 is 1.13 bits per heavy atom. The van der Waals surface area contributed by atoms with Gasteiger partial charge in [-0.15, -0.1) is 0 Å². The number of rotatable bonds is 3. The van der Waals surface area contributed by atoms with Crippen LogP contribution in [0.15, 0.2) is 10.6 Å². The molecule has 4 unspecified atom stereocenters. The van der Waals surface area contributed by atoms with Crippen molar-refractivity contribution in [1.82, 2.24) is 4.98 Å². The molecule has 4 fully saturated rings. The lowest BCUT2D eigenvalue weighted by Crippen LogP contribution is -2.54. The van der Waals surface area contributed by atoms with Gasteiger partial charge in [0.15, 0.2) is 5.89 Å². The lowest BCUT2D eigenvalue weighted by atomic mass is 9.45. The van der Waals surface area contributed by atoms with Gasteiger partial charge < -0.3 is 25.8 Å². The van der Waals surface area contributed by atoms with Crippen LogP contribution in [0, 0.1) is 39.9 Å². The number of nitrogens with one attached hydrogen (secondary N) is 1. The molecule has 0 radical (unpaired) electrons. The highest BCUT2D eigenvalue weighted by molar-refractivity contribution is 5.82. The van der Waals surface area contributed by atoms with Gasteiger partial charge >= 0.3 is 0 Å². The maximum absolute atomic E-state index is 10.5. The monoisotopic (exact) mass is 431 g/mol. The quantitative estimate of drug-likeness (QED) is 0.575. The summed E-state index contributed by atoms with van der Waals surface area (Å²) in [7, 11) is 0. The normalized spacial score (nSPS) is 41.6. The molecule has 0 aliphatic heterocycles. The van der Waals surface area contributed by atoms with Crippen molar-refractivity contribution >= 4 is 5.71 Å². The Morgan fingerprint density at radius 2 is 1.90 bits per heavy atom. The lowest BCUT2D eigenvalue weighted by molar-refractivity contribution is -0.112. The van der Waals surface area contributed by atoms with E-state index in [1.807, 2.05) is 0 Å². The van der Waals surface area contributed by atoms with Crippen molar-refractivity contribution in [2.24, 2.45) is 40.2 Å². The highest BCUT2D eigenvalue weighted by Gasteiger charge is 2.59.